The van der Waals surface area contributed by atoms with E-state index in [1.807, 2.05) is 36.4 Å². The predicted molar refractivity (Wildman–Crippen MR) is 126 cm³/mol. The van der Waals surface area contributed by atoms with Crippen LogP contribution in [0.1, 0.15) is 6.92 Å². The van der Waals surface area contributed by atoms with E-state index in [1.165, 1.54) is 19.1 Å². The molecule has 1 amide bonds. The SMILES string of the molecule is CC(NS(=O)(=O)c1ccccc1)C(=O)Nc1ccc2nc(N)c(-c3ccccc3)cc2c1. The summed E-state index contributed by atoms with van der Waals surface area (Å²) in [5.74, 6) is -0.0556. The minimum absolute atomic E-state index is 0.0995. The number of anilines is 2. The number of hydrogen-bond donors (Lipinski definition) is 3. The molecule has 7 nitrogen and oxygen atoms in total. The van der Waals surface area contributed by atoms with Gasteiger partial charge in [0.05, 0.1) is 16.5 Å². The number of benzene rings is 3. The second-order valence-electron chi connectivity index (χ2n) is 7.34. The van der Waals surface area contributed by atoms with Crippen LogP contribution in [-0.4, -0.2) is 25.4 Å². The third-order valence-electron chi connectivity index (χ3n) is 4.98. The minimum atomic E-state index is -3.81. The second-order valence-corrected chi connectivity index (χ2v) is 9.05. The Kier molecular flexibility index (Phi) is 5.89. The summed E-state index contributed by atoms with van der Waals surface area (Å²) < 4.78 is 27.3. The summed E-state index contributed by atoms with van der Waals surface area (Å²) in [6.07, 6.45) is 0. The van der Waals surface area contributed by atoms with E-state index in [9.17, 15) is 13.2 Å². The Labute approximate surface area is 186 Å². The first-order valence-corrected chi connectivity index (χ1v) is 11.5. The molecule has 0 aliphatic heterocycles. The molecule has 0 saturated heterocycles. The van der Waals surface area contributed by atoms with Crippen LogP contribution in [0.5, 0.6) is 0 Å². The van der Waals surface area contributed by atoms with Crippen LogP contribution < -0.4 is 15.8 Å². The van der Waals surface area contributed by atoms with Crippen LogP contribution in [0.15, 0.2) is 89.8 Å². The highest BCUT2D eigenvalue weighted by atomic mass is 32.2. The van der Waals surface area contributed by atoms with Gasteiger partial charge in [-0.2, -0.15) is 4.72 Å². The van der Waals surface area contributed by atoms with Crippen molar-refractivity contribution in [2.24, 2.45) is 0 Å². The topological polar surface area (TPSA) is 114 Å². The van der Waals surface area contributed by atoms with E-state index < -0.39 is 22.0 Å². The quantitative estimate of drug-likeness (QED) is 0.417. The smallest absolute Gasteiger partial charge is 0.242 e. The Balaban J connectivity index is 1.54. The first-order valence-electron chi connectivity index (χ1n) is 9.97. The molecule has 4 N–H and O–H groups in total. The maximum Gasteiger partial charge on any atom is 0.242 e. The molecule has 3 aromatic carbocycles. The lowest BCUT2D eigenvalue weighted by Gasteiger charge is -2.15. The van der Waals surface area contributed by atoms with Crippen molar-refractivity contribution in [1.29, 1.82) is 0 Å². The molecule has 162 valence electrons. The Morgan fingerprint density at radius 3 is 2.28 bits per heavy atom. The van der Waals surface area contributed by atoms with Crippen LogP contribution >= 0.6 is 0 Å². The van der Waals surface area contributed by atoms with Crippen molar-refractivity contribution in [1.82, 2.24) is 9.71 Å². The standard InChI is InChI=1S/C24H22N4O3S/c1-16(28-32(30,31)20-10-6-3-7-11-20)24(29)26-19-12-13-22-18(14-19)15-21(23(25)27-22)17-8-4-2-5-9-17/h2-16,28H,1H3,(H2,25,27)(H,26,29). The number of hydrogen-bond acceptors (Lipinski definition) is 5. The van der Waals surface area contributed by atoms with E-state index in [0.29, 0.717) is 17.0 Å². The average molecular weight is 447 g/mol. The zero-order chi connectivity index (χ0) is 22.7. The van der Waals surface area contributed by atoms with Gasteiger partial charge in [-0.15, -0.1) is 0 Å². The molecule has 1 aromatic heterocycles. The van der Waals surface area contributed by atoms with Gasteiger partial charge in [-0.3, -0.25) is 4.79 Å². The zero-order valence-electron chi connectivity index (χ0n) is 17.3. The fraction of sp³-hybridized carbons (Fsp3) is 0.0833. The first kappa shape index (κ1) is 21.5. The number of sulfonamides is 1. The molecule has 4 rings (SSSR count). The monoisotopic (exact) mass is 446 g/mol. The molecule has 0 fully saturated rings. The van der Waals surface area contributed by atoms with Gasteiger partial charge in [0.25, 0.3) is 0 Å². The van der Waals surface area contributed by atoms with Crippen molar-refractivity contribution in [3.63, 3.8) is 0 Å². The fourth-order valence-electron chi connectivity index (χ4n) is 3.32. The lowest BCUT2D eigenvalue weighted by Crippen LogP contribution is -2.41. The summed E-state index contributed by atoms with van der Waals surface area (Å²) in [6, 6.07) is 23.8. The number of pyridine rings is 1. The molecule has 32 heavy (non-hydrogen) atoms. The molecular weight excluding hydrogens is 424 g/mol. The molecule has 0 radical (unpaired) electrons. The van der Waals surface area contributed by atoms with E-state index in [-0.39, 0.29) is 4.90 Å². The predicted octanol–water partition coefficient (Wildman–Crippen LogP) is 3.79. The summed E-state index contributed by atoms with van der Waals surface area (Å²) in [4.78, 5) is 17.2. The molecule has 0 saturated carbocycles. The van der Waals surface area contributed by atoms with Gasteiger partial charge < -0.3 is 11.1 Å². The van der Waals surface area contributed by atoms with Gasteiger partial charge in [0.1, 0.15) is 5.82 Å². The van der Waals surface area contributed by atoms with Crippen molar-refractivity contribution in [3.05, 3.63) is 84.9 Å². The fourth-order valence-corrected chi connectivity index (χ4v) is 4.55. The summed E-state index contributed by atoms with van der Waals surface area (Å²) in [5.41, 5.74) is 9.10. The molecule has 1 unspecified atom stereocenters. The van der Waals surface area contributed by atoms with Gasteiger partial charge in [-0.25, -0.2) is 13.4 Å². The Bertz CT molecular complexity index is 1370. The summed E-state index contributed by atoms with van der Waals surface area (Å²) in [5, 5.41) is 3.56. The zero-order valence-corrected chi connectivity index (χ0v) is 18.1. The molecule has 8 heteroatoms. The van der Waals surface area contributed by atoms with Crippen LogP contribution in [0.2, 0.25) is 0 Å². The molecular formula is C24H22N4O3S. The van der Waals surface area contributed by atoms with Crippen LogP contribution in [-0.2, 0) is 14.8 Å². The largest absolute Gasteiger partial charge is 0.383 e. The van der Waals surface area contributed by atoms with E-state index in [0.717, 1.165) is 16.5 Å². The number of nitrogens with zero attached hydrogens (tertiary/aromatic N) is 1. The van der Waals surface area contributed by atoms with E-state index >= 15 is 0 Å². The number of fused-ring (bicyclic) bond motifs is 1. The van der Waals surface area contributed by atoms with Gasteiger partial charge in [-0.05, 0) is 48.9 Å². The highest BCUT2D eigenvalue weighted by Gasteiger charge is 2.22. The summed E-state index contributed by atoms with van der Waals surface area (Å²) >= 11 is 0. The highest BCUT2D eigenvalue weighted by molar-refractivity contribution is 7.89. The van der Waals surface area contributed by atoms with Crippen molar-refractivity contribution < 1.29 is 13.2 Å². The van der Waals surface area contributed by atoms with Crippen molar-refractivity contribution >= 4 is 38.3 Å². The molecule has 0 aliphatic rings. The lowest BCUT2D eigenvalue weighted by atomic mass is 10.0. The van der Waals surface area contributed by atoms with Crippen molar-refractivity contribution in [3.8, 4) is 11.1 Å². The number of nitrogen functional groups attached to an aromatic ring is 1. The number of carbonyl (C=O) groups is 1. The highest BCUT2D eigenvalue weighted by Crippen LogP contribution is 2.29. The number of carbonyl (C=O) groups excluding carboxylic acids is 1. The lowest BCUT2D eigenvalue weighted by molar-refractivity contribution is -0.117. The number of aromatic nitrogens is 1. The third-order valence-corrected chi connectivity index (χ3v) is 6.53. The molecule has 4 aromatic rings. The Morgan fingerprint density at radius 1 is 0.938 bits per heavy atom. The molecule has 0 aliphatic carbocycles. The number of nitrogens with one attached hydrogen (secondary N) is 2. The van der Waals surface area contributed by atoms with Gasteiger partial charge in [0, 0.05) is 16.6 Å². The average Bonchev–Trinajstić information content (AvgIpc) is 2.79. The normalized spacial score (nSPS) is 12.4. The summed E-state index contributed by atoms with van der Waals surface area (Å²) in [6.45, 7) is 1.49. The van der Waals surface area contributed by atoms with Gasteiger partial charge in [0.2, 0.25) is 15.9 Å². The maximum atomic E-state index is 12.6. The number of nitrogens with two attached hydrogens (primary N) is 1. The van der Waals surface area contributed by atoms with E-state index in [2.05, 4.69) is 15.0 Å². The first-order chi connectivity index (χ1) is 15.3. The van der Waals surface area contributed by atoms with Gasteiger partial charge in [-0.1, -0.05) is 48.5 Å². The molecule has 1 heterocycles. The molecule has 0 spiro atoms. The van der Waals surface area contributed by atoms with Crippen LogP contribution in [0.4, 0.5) is 11.5 Å². The van der Waals surface area contributed by atoms with Crippen LogP contribution in [0, 0.1) is 0 Å². The maximum absolute atomic E-state index is 12.6. The van der Waals surface area contributed by atoms with Crippen molar-refractivity contribution in [2.75, 3.05) is 11.1 Å². The van der Waals surface area contributed by atoms with Gasteiger partial charge >= 0.3 is 0 Å². The molecule has 1 atom stereocenters. The second kappa shape index (κ2) is 8.78. The Morgan fingerprint density at radius 2 is 1.59 bits per heavy atom. The minimum Gasteiger partial charge on any atom is -0.383 e. The number of rotatable bonds is 6. The third kappa shape index (κ3) is 4.61. The van der Waals surface area contributed by atoms with Gasteiger partial charge in [0.15, 0.2) is 0 Å². The summed E-state index contributed by atoms with van der Waals surface area (Å²) in [7, 11) is -3.81. The van der Waals surface area contributed by atoms with Crippen molar-refractivity contribution in [2.45, 2.75) is 17.9 Å². The van der Waals surface area contributed by atoms with Crippen LogP contribution in [0.3, 0.4) is 0 Å². The Hall–Kier alpha value is -3.75. The van der Waals surface area contributed by atoms with E-state index in [4.69, 9.17) is 5.73 Å². The molecule has 0 bridgehead atoms. The van der Waals surface area contributed by atoms with E-state index in [1.54, 1.807) is 36.4 Å². The number of amides is 1. The van der Waals surface area contributed by atoms with Crippen LogP contribution in [0.25, 0.3) is 22.0 Å².